The van der Waals surface area contributed by atoms with Gasteiger partial charge in [0.2, 0.25) is 0 Å². The second-order valence-corrected chi connectivity index (χ2v) is 6.75. The Morgan fingerprint density at radius 1 is 1.38 bits per heavy atom. The van der Waals surface area contributed by atoms with Crippen molar-refractivity contribution in [2.45, 2.75) is 26.2 Å². The van der Waals surface area contributed by atoms with E-state index in [9.17, 15) is 4.79 Å². The predicted octanol–water partition coefficient (Wildman–Crippen LogP) is 3.17. The van der Waals surface area contributed by atoms with Crippen LogP contribution in [0, 0.1) is 5.92 Å². The Labute approximate surface area is 125 Å². The van der Waals surface area contributed by atoms with Gasteiger partial charge in [-0.2, -0.15) is 0 Å². The summed E-state index contributed by atoms with van der Waals surface area (Å²) >= 11 is 1.67. The third-order valence-corrected chi connectivity index (χ3v) is 5.22. The second-order valence-electron chi connectivity index (χ2n) is 5.66. The average Bonchev–Trinajstić information content (AvgIpc) is 2.85. The first-order chi connectivity index (χ1) is 10.2. The SMILES string of the molecule is CC1CCc2c(sc3nc(-c4ccccn4)[nH]c(=O)c23)C1. The molecule has 0 fully saturated rings. The molecule has 0 amide bonds. The van der Waals surface area contributed by atoms with Crippen LogP contribution < -0.4 is 5.56 Å². The quantitative estimate of drug-likeness (QED) is 0.750. The van der Waals surface area contributed by atoms with Gasteiger partial charge in [-0.05, 0) is 42.9 Å². The summed E-state index contributed by atoms with van der Waals surface area (Å²) in [6.45, 7) is 2.27. The molecule has 1 aliphatic rings. The predicted molar refractivity (Wildman–Crippen MR) is 84.7 cm³/mol. The molecule has 0 saturated heterocycles. The highest BCUT2D eigenvalue weighted by atomic mass is 32.1. The van der Waals surface area contributed by atoms with Crippen LogP contribution in [0.1, 0.15) is 23.8 Å². The zero-order valence-corrected chi connectivity index (χ0v) is 12.5. The number of nitrogens with one attached hydrogen (secondary N) is 1. The Hall–Kier alpha value is -2.01. The smallest absolute Gasteiger partial charge is 0.260 e. The van der Waals surface area contributed by atoms with Gasteiger partial charge < -0.3 is 4.98 Å². The Morgan fingerprint density at radius 2 is 2.29 bits per heavy atom. The number of fused-ring (bicyclic) bond motifs is 3. The van der Waals surface area contributed by atoms with Gasteiger partial charge in [0, 0.05) is 11.1 Å². The van der Waals surface area contributed by atoms with E-state index in [0.717, 1.165) is 29.5 Å². The van der Waals surface area contributed by atoms with Crippen LogP contribution in [-0.2, 0) is 12.8 Å². The van der Waals surface area contributed by atoms with Crippen molar-refractivity contribution < 1.29 is 0 Å². The number of aromatic nitrogens is 3. The highest BCUT2D eigenvalue weighted by molar-refractivity contribution is 7.18. The van der Waals surface area contributed by atoms with E-state index in [0.29, 0.717) is 17.4 Å². The van der Waals surface area contributed by atoms with E-state index >= 15 is 0 Å². The molecule has 0 radical (unpaired) electrons. The Balaban J connectivity index is 1.94. The number of nitrogens with zero attached hydrogens (tertiary/aromatic N) is 2. The monoisotopic (exact) mass is 297 g/mol. The van der Waals surface area contributed by atoms with Gasteiger partial charge in [-0.15, -0.1) is 11.3 Å². The summed E-state index contributed by atoms with van der Waals surface area (Å²) in [5.74, 6) is 1.25. The topological polar surface area (TPSA) is 58.6 Å². The number of thiophene rings is 1. The molecule has 1 atom stereocenters. The molecule has 1 unspecified atom stereocenters. The molecular formula is C16H15N3OS. The average molecular weight is 297 g/mol. The first-order valence-corrected chi connectivity index (χ1v) is 8.00. The van der Waals surface area contributed by atoms with Crippen LogP contribution in [0.15, 0.2) is 29.2 Å². The van der Waals surface area contributed by atoms with E-state index in [1.165, 1.54) is 10.4 Å². The molecule has 3 heterocycles. The summed E-state index contributed by atoms with van der Waals surface area (Å²) in [6.07, 6.45) is 4.92. The van der Waals surface area contributed by atoms with Gasteiger partial charge in [-0.3, -0.25) is 9.78 Å². The van der Waals surface area contributed by atoms with Gasteiger partial charge in [0.1, 0.15) is 10.5 Å². The number of H-pyrrole nitrogens is 1. The zero-order chi connectivity index (χ0) is 14.4. The van der Waals surface area contributed by atoms with Crippen LogP contribution in [0.2, 0.25) is 0 Å². The number of aromatic amines is 1. The van der Waals surface area contributed by atoms with Crippen molar-refractivity contribution in [1.82, 2.24) is 15.0 Å². The highest BCUT2D eigenvalue weighted by Crippen LogP contribution is 2.35. The molecule has 5 heteroatoms. The van der Waals surface area contributed by atoms with Crippen LogP contribution in [0.5, 0.6) is 0 Å². The fourth-order valence-electron chi connectivity index (χ4n) is 2.97. The largest absolute Gasteiger partial charge is 0.305 e. The fraction of sp³-hybridized carbons (Fsp3) is 0.312. The lowest BCUT2D eigenvalue weighted by Crippen LogP contribution is -2.13. The summed E-state index contributed by atoms with van der Waals surface area (Å²) in [7, 11) is 0. The van der Waals surface area contributed by atoms with E-state index in [2.05, 4.69) is 21.9 Å². The molecule has 0 saturated carbocycles. The number of hydrogen-bond acceptors (Lipinski definition) is 4. The van der Waals surface area contributed by atoms with Crippen LogP contribution in [0.25, 0.3) is 21.7 Å². The van der Waals surface area contributed by atoms with Crippen molar-refractivity contribution in [1.29, 1.82) is 0 Å². The maximum Gasteiger partial charge on any atom is 0.260 e. The van der Waals surface area contributed by atoms with Crippen molar-refractivity contribution >= 4 is 21.6 Å². The minimum atomic E-state index is -0.0345. The van der Waals surface area contributed by atoms with Gasteiger partial charge in [-0.25, -0.2) is 4.98 Å². The molecule has 106 valence electrons. The maximum absolute atomic E-state index is 12.5. The number of pyridine rings is 1. The molecule has 4 rings (SSSR count). The first kappa shape index (κ1) is 12.7. The molecule has 0 bridgehead atoms. The molecule has 1 N–H and O–H groups in total. The van der Waals surface area contributed by atoms with Crippen molar-refractivity contribution in [2.75, 3.05) is 0 Å². The summed E-state index contributed by atoms with van der Waals surface area (Å²) in [5, 5.41) is 0.793. The molecule has 21 heavy (non-hydrogen) atoms. The van der Waals surface area contributed by atoms with Gasteiger partial charge in [0.25, 0.3) is 5.56 Å². The highest BCUT2D eigenvalue weighted by Gasteiger charge is 2.23. The molecule has 1 aliphatic carbocycles. The molecular weight excluding hydrogens is 282 g/mol. The summed E-state index contributed by atoms with van der Waals surface area (Å²) in [5.41, 5.74) is 1.89. The van der Waals surface area contributed by atoms with Gasteiger partial charge >= 0.3 is 0 Å². The normalized spacial score (nSPS) is 17.9. The second kappa shape index (κ2) is 4.77. The number of aryl methyl sites for hydroxylation is 1. The number of rotatable bonds is 1. The minimum Gasteiger partial charge on any atom is -0.305 e. The van der Waals surface area contributed by atoms with Gasteiger partial charge in [0.05, 0.1) is 5.39 Å². The summed E-state index contributed by atoms with van der Waals surface area (Å²) in [6, 6.07) is 5.61. The van der Waals surface area contributed by atoms with Crippen molar-refractivity contribution in [3.05, 3.63) is 45.2 Å². The lowest BCUT2D eigenvalue weighted by atomic mass is 9.89. The van der Waals surface area contributed by atoms with Crippen molar-refractivity contribution in [2.24, 2.45) is 5.92 Å². The number of hydrogen-bond donors (Lipinski definition) is 1. The maximum atomic E-state index is 12.5. The van der Waals surface area contributed by atoms with E-state index in [-0.39, 0.29) is 5.56 Å². The van der Waals surface area contributed by atoms with Crippen molar-refractivity contribution in [3.8, 4) is 11.5 Å². The minimum absolute atomic E-state index is 0.0345. The molecule has 0 spiro atoms. The van der Waals surface area contributed by atoms with Crippen LogP contribution in [0.3, 0.4) is 0 Å². The van der Waals surface area contributed by atoms with E-state index in [1.807, 2.05) is 18.2 Å². The lowest BCUT2D eigenvalue weighted by molar-refractivity contribution is 0.509. The molecule has 3 aromatic heterocycles. The molecule has 0 aromatic carbocycles. The van der Waals surface area contributed by atoms with Crippen LogP contribution in [0.4, 0.5) is 0 Å². The van der Waals surface area contributed by atoms with Crippen LogP contribution >= 0.6 is 11.3 Å². The summed E-state index contributed by atoms with van der Waals surface area (Å²) in [4.78, 5) is 26.4. The van der Waals surface area contributed by atoms with Crippen molar-refractivity contribution in [3.63, 3.8) is 0 Å². The fourth-order valence-corrected chi connectivity index (χ4v) is 4.36. The Bertz CT molecular complexity index is 866. The third-order valence-electron chi connectivity index (χ3n) is 4.07. The third kappa shape index (κ3) is 2.08. The first-order valence-electron chi connectivity index (χ1n) is 7.18. The standard InChI is InChI=1S/C16H15N3OS/c1-9-5-6-10-12(8-9)21-16-13(10)15(20)18-14(19-16)11-4-2-3-7-17-11/h2-4,7,9H,5-6,8H2,1H3,(H,18,19,20). The van der Waals surface area contributed by atoms with E-state index < -0.39 is 0 Å². The Kier molecular flexibility index (Phi) is 2.89. The lowest BCUT2D eigenvalue weighted by Gasteiger charge is -2.17. The van der Waals surface area contributed by atoms with Gasteiger partial charge in [-0.1, -0.05) is 13.0 Å². The van der Waals surface area contributed by atoms with Gasteiger partial charge in [0.15, 0.2) is 5.82 Å². The molecule has 0 aliphatic heterocycles. The molecule has 4 nitrogen and oxygen atoms in total. The summed E-state index contributed by atoms with van der Waals surface area (Å²) < 4.78 is 0. The van der Waals surface area contributed by atoms with Crippen LogP contribution in [-0.4, -0.2) is 15.0 Å². The zero-order valence-electron chi connectivity index (χ0n) is 11.7. The van der Waals surface area contributed by atoms with E-state index in [1.54, 1.807) is 17.5 Å². The molecule has 3 aromatic rings. The van der Waals surface area contributed by atoms with E-state index in [4.69, 9.17) is 0 Å². The Morgan fingerprint density at radius 3 is 3.10 bits per heavy atom.